The number of ether oxygens (including phenoxy) is 1. The maximum Gasteiger partial charge on any atom is 0.224 e. The van der Waals surface area contributed by atoms with E-state index >= 15 is 0 Å². The summed E-state index contributed by atoms with van der Waals surface area (Å²) in [6, 6.07) is 8.34. The quantitative estimate of drug-likeness (QED) is 0.836. The Hall–Kier alpha value is -1.59. The molecule has 2 aliphatic rings. The smallest absolute Gasteiger partial charge is 0.224 e. The van der Waals surface area contributed by atoms with Gasteiger partial charge in [0.2, 0.25) is 5.91 Å². The number of hydrogen-bond acceptors (Lipinski definition) is 4. The second-order valence-corrected chi connectivity index (χ2v) is 6.44. The summed E-state index contributed by atoms with van der Waals surface area (Å²) in [5.41, 5.74) is 1.17. The van der Waals surface area contributed by atoms with Crippen LogP contribution in [-0.4, -0.2) is 50.6 Å². The highest BCUT2D eigenvalue weighted by molar-refractivity contribution is 5.79. The van der Waals surface area contributed by atoms with Gasteiger partial charge in [0.15, 0.2) is 0 Å². The Balaban J connectivity index is 1.71. The van der Waals surface area contributed by atoms with E-state index in [-0.39, 0.29) is 17.9 Å². The Morgan fingerprint density at radius 3 is 2.87 bits per heavy atom. The summed E-state index contributed by atoms with van der Waals surface area (Å²) in [5.74, 6) is 1.20. The van der Waals surface area contributed by atoms with Crippen LogP contribution in [0.4, 0.5) is 0 Å². The second kappa shape index (κ2) is 7.79. The highest BCUT2D eigenvalue weighted by Crippen LogP contribution is 2.31. The topological polar surface area (TPSA) is 53.6 Å². The summed E-state index contributed by atoms with van der Waals surface area (Å²) >= 11 is 0. The molecule has 0 aliphatic carbocycles. The zero-order valence-corrected chi connectivity index (χ0v) is 13.9. The van der Waals surface area contributed by atoms with E-state index in [1.54, 1.807) is 7.11 Å². The van der Waals surface area contributed by atoms with Crippen molar-refractivity contribution in [2.75, 3.05) is 39.8 Å². The average molecular weight is 317 g/mol. The van der Waals surface area contributed by atoms with Crippen molar-refractivity contribution < 1.29 is 9.53 Å². The van der Waals surface area contributed by atoms with Crippen molar-refractivity contribution in [2.24, 2.45) is 5.92 Å². The van der Waals surface area contributed by atoms with Crippen molar-refractivity contribution in [1.82, 2.24) is 15.5 Å². The van der Waals surface area contributed by atoms with Gasteiger partial charge in [-0.1, -0.05) is 18.2 Å². The van der Waals surface area contributed by atoms with E-state index in [0.717, 1.165) is 38.3 Å². The number of para-hydroxylation sites is 1. The molecule has 1 aromatic rings. The number of nitrogens with zero attached hydrogens (tertiary/aromatic N) is 1. The Morgan fingerprint density at radius 1 is 1.39 bits per heavy atom. The van der Waals surface area contributed by atoms with Crippen LogP contribution >= 0.6 is 0 Å². The van der Waals surface area contributed by atoms with Crippen molar-refractivity contribution in [2.45, 2.75) is 25.3 Å². The standard InChI is InChI=1S/C18H27N3O2/c1-23-17-7-3-2-6-15(17)16(21-10-4-5-11-21)13-20-18(22)14-8-9-19-12-14/h2-3,6-7,14,16,19H,4-5,8-13H2,1H3,(H,20,22). The summed E-state index contributed by atoms with van der Waals surface area (Å²) in [6.07, 6.45) is 3.40. The van der Waals surface area contributed by atoms with Crippen LogP contribution in [0.25, 0.3) is 0 Å². The summed E-state index contributed by atoms with van der Waals surface area (Å²) in [6.45, 7) is 4.57. The van der Waals surface area contributed by atoms with Crippen LogP contribution in [0, 0.1) is 5.92 Å². The van der Waals surface area contributed by atoms with E-state index < -0.39 is 0 Å². The number of carbonyl (C=O) groups is 1. The van der Waals surface area contributed by atoms with Gasteiger partial charge in [-0.05, 0) is 45.0 Å². The molecule has 2 atom stereocenters. The van der Waals surface area contributed by atoms with Gasteiger partial charge in [0.25, 0.3) is 0 Å². The van der Waals surface area contributed by atoms with Crippen molar-refractivity contribution in [1.29, 1.82) is 0 Å². The lowest BCUT2D eigenvalue weighted by molar-refractivity contribution is -0.124. The van der Waals surface area contributed by atoms with Crippen LogP contribution in [0.2, 0.25) is 0 Å². The minimum absolute atomic E-state index is 0.117. The number of amides is 1. The van der Waals surface area contributed by atoms with Crippen molar-refractivity contribution in [3.63, 3.8) is 0 Å². The maximum absolute atomic E-state index is 12.3. The van der Waals surface area contributed by atoms with Crippen LogP contribution < -0.4 is 15.4 Å². The first-order chi connectivity index (χ1) is 11.3. The average Bonchev–Trinajstić information content (AvgIpc) is 3.29. The molecule has 0 aromatic heterocycles. The minimum Gasteiger partial charge on any atom is -0.496 e. The first kappa shape index (κ1) is 16.3. The van der Waals surface area contributed by atoms with Crippen LogP contribution in [-0.2, 0) is 4.79 Å². The van der Waals surface area contributed by atoms with Gasteiger partial charge in [0.1, 0.15) is 5.75 Å². The molecule has 0 saturated carbocycles. The molecule has 23 heavy (non-hydrogen) atoms. The number of benzene rings is 1. The third-order valence-electron chi connectivity index (χ3n) is 4.98. The summed E-state index contributed by atoms with van der Waals surface area (Å²) < 4.78 is 5.54. The number of methoxy groups -OCH3 is 1. The highest BCUT2D eigenvalue weighted by Gasteiger charge is 2.28. The van der Waals surface area contributed by atoms with Gasteiger partial charge in [-0.3, -0.25) is 9.69 Å². The first-order valence-corrected chi connectivity index (χ1v) is 8.65. The van der Waals surface area contributed by atoms with E-state index in [2.05, 4.69) is 21.6 Å². The molecule has 0 radical (unpaired) electrons. The fourth-order valence-corrected chi connectivity index (χ4v) is 3.65. The fraction of sp³-hybridized carbons (Fsp3) is 0.611. The largest absolute Gasteiger partial charge is 0.496 e. The van der Waals surface area contributed by atoms with Gasteiger partial charge in [-0.2, -0.15) is 0 Å². The fourth-order valence-electron chi connectivity index (χ4n) is 3.65. The van der Waals surface area contributed by atoms with E-state index in [9.17, 15) is 4.79 Å². The molecule has 1 amide bonds. The zero-order chi connectivity index (χ0) is 16.1. The van der Waals surface area contributed by atoms with Gasteiger partial charge in [-0.25, -0.2) is 0 Å². The van der Waals surface area contributed by atoms with E-state index in [0.29, 0.717) is 6.54 Å². The SMILES string of the molecule is COc1ccccc1C(CNC(=O)C1CCNC1)N1CCCC1. The Kier molecular flexibility index (Phi) is 5.51. The summed E-state index contributed by atoms with van der Waals surface area (Å²) in [4.78, 5) is 14.8. The van der Waals surface area contributed by atoms with E-state index in [1.807, 2.05) is 18.2 Å². The predicted octanol–water partition coefficient (Wildman–Crippen LogP) is 1.56. The number of rotatable bonds is 6. The minimum atomic E-state index is 0.117. The van der Waals surface area contributed by atoms with Crippen LogP contribution in [0.5, 0.6) is 5.75 Å². The lowest BCUT2D eigenvalue weighted by Gasteiger charge is -2.29. The molecular formula is C18H27N3O2. The van der Waals surface area contributed by atoms with Gasteiger partial charge in [0.05, 0.1) is 19.1 Å². The van der Waals surface area contributed by atoms with Crippen LogP contribution in [0.3, 0.4) is 0 Å². The third kappa shape index (κ3) is 3.85. The zero-order valence-electron chi connectivity index (χ0n) is 13.9. The van der Waals surface area contributed by atoms with Crippen LogP contribution in [0.15, 0.2) is 24.3 Å². The van der Waals surface area contributed by atoms with Crippen molar-refractivity contribution >= 4 is 5.91 Å². The van der Waals surface area contributed by atoms with E-state index in [4.69, 9.17) is 4.74 Å². The molecule has 3 rings (SSSR count). The molecule has 126 valence electrons. The number of hydrogen-bond donors (Lipinski definition) is 2. The maximum atomic E-state index is 12.3. The molecule has 0 spiro atoms. The monoisotopic (exact) mass is 317 g/mol. The Bertz CT molecular complexity index is 523. The molecule has 2 aliphatic heterocycles. The molecule has 5 heteroatoms. The first-order valence-electron chi connectivity index (χ1n) is 8.65. The van der Waals surface area contributed by atoms with Crippen LogP contribution in [0.1, 0.15) is 30.9 Å². The van der Waals surface area contributed by atoms with Gasteiger partial charge >= 0.3 is 0 Å². The highest BCUT2D eigenvalue weighted by atomic mass is 16.5. The molecule has 2 N–H and O–H groups in total. The second-order valence-electron chi connectivity index (χ2n) is 6.44. The molecule has 2 saturated heterocycles. The van der Waals surface area contributed by atoms with Gasteiger partial charge in [-0.15, -0.1) is 0 Å². The summed E-state index contributed by atoms with van der Waals surface area (Å²) in [7, 11) is 1.71. The molecule has 2 fully saturated rings. The Morgan fingerprint density at radius 2 is 2.17 bits per heavy atom. The van der Waals surface area contributed by atoms with Gasteiger partial charge in [0, 0.05) is 18.7 Å². The van der Waals surface area contributed by atoms with Crippen molar-refractivity contribution in [3.05, 3.63) is 29.8 Å². The van der Waals surface area contributed by atoms with Crippen molar-refractivity contribution in [3.8, 4) is 5.75 Å². The number of likely N-dealkylation sites (tertiary alicyclic amines) is 1. The molecule has 2 unspecified atom stereocenters. The molecule has 0 bridgehead atoms. The third-order valence-corrected chi connectivity index (χ3v) is 4.98. The normalized spacial score (nSPS) is 22.9. The molecular weight excluding hydrogens is 290 g/mol. The van der Waals surface area contributed by atoms with Gasteiger partial charge < -0.3 is 15.4 Å². The molecule has 1 aromatic carbocycles. The number of nitrogens with one attached hydrogen (secondary N) is 2. The Labute approximate surface area is 138 Å². The molecule has 2 heterocycles. The summed E-state index contributed by atoms with van der Waals surface area (Å²) in [5, 5.41) is 6.43. The lowest BCUT2D eigenvalue weighted by Crippen LogP contribution is -2.39. The molecule has 5 nitrogen and oxygen atoms in total. The number of carbonyl (C=O) groups excluding carboxylic acids is 1. The lowest BCUT2D eigenvalue weighted by atomic mass is 10.0. The predicted molar refractivity (Wildman–Crippen MR) is 90.5 cm³/mol. The van der Waals surface area contributed by atoms with E-state index in [1.165, 1.54) is 18.4 Å².